The van der Waals surface area contributed by atoms with E-state index in [1.807, 2.05) is 0 Å². The summed E-state index contributed by atoms with van der Waals surface area (Å²) >= 11 is 0. The fourth-order valence-corrected chi connectivity index (χ4v) is 2.90. The van der Waals surface area contributed by atoms with E-state index in [1.54, 1.807) is 7.11 Å². The van der Waals surface area contributed by atoms with E-state index in [9.17, 15) is 0 Å². The van der Waals surface area contributed by atoms with Crippen LogP contribution in [0.4, 0.5) is 5.82 Å². The molecular weight excluding hydrogens is 238 g/mol. The van der Waals surface area contributed by atoms with Crippen LogP contribution in [0.1, 0.15) is 57.1 Å². The van der Waals surface area contributed by atoms with Crippen molar-refractivity contribution < 1.29 is 4.74 Å². The molecule has 0 amide bonds. The summed E-state index contributed by atoms with van der Waals surface area (Å²) in [6.45, 7) is 7.26. The average Bonchev–Trinajstić information content (AvgIpc) is 2.90. The van der Waals surface area contributed by atoms with Gasteiger partial charge in [0.1, 0.15) is 11.4 Å². The second-order valence-electron chi connectivity index (χ2n) is 5.11. The summed E-state index contributed by atoms with van der Waals surface area (Å²) in [4.78, 5) is 9.58. The lowest BCUT2D eigenvalue weighted by molar-refractivity contribution is -0.0291. The molecular formula is C15H25N3O. The van der Waals surface area contributed by atoms with Gasteiger partial charge in [0.25, 0.3) is 0 Å². The third kappa shape index (κ3) is 2.46. The lowest BCUT2D eigenvalue weighted by atomic mass is 9.95. The Hall–Kier alpha value is -1.16. The SMILES string of the molecule is CCNc1nc(C(CC)(CC)OC)nc2c1CCC2. The summed E-state index contributed by atoms with van der Waals surface area (Å²) in [5.41, 5.74) is 2.18. The first-order valence-corrected chi connectivity index (χ1v) is 7.40. The molecule has 1 aliphatic carbocycles. The quantitative estimate of drug-likeness (QED) is 0.857. The fraction of sp³-hybridized carbons (Fsp3) is 0.733. The van der Waals surface area contributed by atoms with Crippen molar-refractivity contribution in [2.24, 2.45) is 0 Å². The van der Waals surface area contributed by atoms with E-state index in [0.29, 0.717) is 0 Å². The number of methoxy groups -OCH3 is 1. The van der Waals surface area contributed by atoms with Gasteiger partial charge in [0.2, 0.25) is 0 Å². The molecule has 0 aliphatic heterocycles. The maximum absolute atomic E-state index is 5.76. The highest BCUT2D eigenvalue weighted by atomic mass is 16.5. The molecule has 1 N–H and O–H groups in total. The minimum atomic E-state index is -0.345. The van der Waals surface area contributed by atoms with Crippen LogP contribution in [-0.4, -0.2) is 23.6 Å². The number of rotatable bonds is 6. The number of nitrogens with zero attached hydrogens (tertiary/aromatic N) is 2. The molecule has 0 bridgehead atoms. The van der Waals surface area contributed by atoms with Crippen molar-refractivity contribution in [2.45, 2.75) is 58.5 Å². The molecule has 0 aromatic carbocycles. The molecule has 0 saturated heterocycles. The zero-order valence-corrected chi connectivity index (χ0v) is 12.5. The predicted octanol–water partition coefficient (Wildman–Crippen LogP) is 3.06. The van der Waals surface area contributed by atoms with Crippen LogP contribution in [0.25, 0.3) is 0 Å². The van der Waals surface area contributed by atoms with Crippen LogP contribution in [0.5, 0.6) is 0 Å². The topological polar surface area (TPSA) is 47.0 Å². The fourth-order valence-electron chi connectivity index (χ4n) is 2.90. The number of ether oxygens (including phenoxy) is 1. The zero-order chi connectivity index (χ0) is 13.9. The lowest BCUT2D eigenvalue weighted by Crippen LogP contribution is -2.30. The van der Waals surface area contributed by atoms with Crippen LogP contribution in [0, 0.1) is 0 Å². The third-order valence-corrected chi connectivity index (χ3v) is 4.22. The van der Waals surface area contributed by atoms with Gasteiger partial charge in [-0.15, -0.1) is 0 Å². The number of hydrogen-bond acceptors (Lipinski definition) is 4. The molecule has 4 nitrogen and oxygen atoms in total. The first-order valence-electron chi connectivity index (χ1n) is 7.40. The van der Waals surface area contributed by atoms with Crippen molar-refractivity contribution >= 4 is 5.82 Å². The van der Waals surface area contributed by atoms with Gasteiger partial charge in [-0.05, 0) is 39.0 Å². The van der Waals surface area contributed by atoms with Crippen molar-refractivity contribution in [2.75, 3.05) is 19.0 Å². The summed E-state index contributed by atoms with van der Waals surface area (Å²) in [7, 11) is 1.76. The van der Waals surface area contributed by atoms with E-state index in [1.165, 1.54) is 17.7 Å². The molecule has 1 heterocycles. The van der Waals surface area contributed by atoms with E-state index >= 15 is 0 Å². The van der Waals surface area contributed by atoms with Crippen LogP contribution in [0.3, 0.4) is 0 Å². The second kappa shape index (κ2) is 5.87. The lowest BCUT2D eigenvalue weighted by Gasteiger charge is -2.29. The Labute approximate surface area is 116 Å². The Balaban J connectivity index is 2.49. The number of fused-ring (bicyclic) bond motifs is 1. The molecule has 0 saturated carbocycles. The molecule has 106 valence electrons. The van der Waals surface area contributed by atoms with Gasteiger partial charge in [-0.1, -0.05) is 13.8 Å². The van der Waals surface area contributed by atoms with Crippen LogP contribution >= 0.6 is 0 Å². The van der Waals surface area contributed by atoms with Crippen LogP contribution in [0.15, 0.2) is 0 Å². The van der Waals surface area contributed by atoms with Crippen LogP contribution in [-0.2, 0) is 23.2 Å². The molecule has 0 unspecified atom stereocenters. The number of hydrogen-bond donors (Lipinski definition) is 1. The zero-order valence-electron chi connectivity index (χ0n) is 12.5. The Kier molecular flexibility index (Phi) is 4.40. The highest BCUT2D eigenvalue weighted by Crippen LogP contribution is 2.34. The molecule has 0 atom stereocenters. The molecule has 19 heavy (non-hydrogen) atoms. The van der Waals surface area contributed by atoms with Gasteiger partial charge >= 0.3 is 0 Å². The highest BCUT2D eigenvalue weighted by molar-refractivity contribution is 5.49. The van der Waals surface area contributed by atoms with Crippen molar-refractivity contribution in [3.63, 3.8) is 0 Å². The maximum Gasteiger partial charge on any atom is 0.162 e. The normalized spacial score (nSPS) is 14.5. The molecule has 2 rings (SSSR count). The summed E-state index contributed by atoms with van der Waals surface area (Å²) in [5.74, 6) is 1.86. The van der Waals surface area contributed by atoms with Crippen molar-refractivity contribution in [1.82, 2.24) is 9.97 Å². The molecule has 4 heteroatoms. The van der Waals surface area contributed by atoms with Crippen LogP contribution < -0.4 is 5.32 Å². The van der Waals surface area contributed by atoms with E-state index in [4.69, 9.17) is 14.7 Å². The predicted molar refractivity (Wildman–Crippen MR) is 77.5 cm³/mol. The van der Waals surface area contributed by atoms with Gasteiger partial charge in [0.05, 0.1) is 0 Å². The molecule has 0 spiro atoms. The standard InChI is InChI=1S/C15H25N3O/c1-5-15(6-2,19-4)14-17-12-10-8-9-11(12)13(18-14)16-7-3/h5-10H2,1-4H3,(H,16,17,18). The van der Waals surface area contributed by atoms with Crippen molar-refractivity contribution in [3.8, 4) is 0 Å². The number of aromatic nitrogens is 2. The van der Waals surface area contributed by atoms with E-state index < -0.39 is 0 Å². The first-order chi connectivity index (χ1) is 9.20. The van der Waals surface area contributed by atoms with Crippen molar-refractivity contribution in [1.29, 1.82) is 0 Å². The number of anilines is 1. The van der Waals surface area contributed by atoms with E-state index in [2.05, 4.69) is 26.1 Å². The molecule has 1 aromatic rings. The summed E-state index contributed by atoms with van der Waals surface area (Å²) in [6.07, 6.45) is 5.13. The Morgan fingerprint density at radius 3 is 2.47 bits per heavy atom. The van der Waals surface area contributed by atoms with E-state index in [0.717, 1.165) is 43.9 Å². The van der Waals surface area contributed by atoms with Gasteiger partial charge in [-0.3, -0.25) is 0 Å². The molecule has 1 aliphatic rings. The highest BCUT2D eigenvalue weighted by Gasteiger charge is 2.33. The Morgan fingerprint density at radius 2 is 1.89 bits per heavy atom. The van der Waals surface area contributed by atoms with Gasteiger partial charge < -0.3 is 10.1 Å². The van der Waals surface area contributed by atoms with Crippen molar-refractivity contribution in [3.05, 3.63) is 17.1 Å². The van der Waals surface area contributed by atoms with Gasteiger partial charge in [-0.25, -0.2) is 9.97 Å². The smallest absolute Gasteiger partial charge is 0.162 e. The Morgan fingerprint density at radius 1 is 1.16 bits per heavy atom. The monoisotopic (exact) mass is 263 g/mol. The summed E-state index contributed by atoms with van der Waals surface area (Å²) in [5, 5.41) is 3.39. The maximum atomic E-state index is 5.76. The minimum Gasteiger partial charge on any atom is -0.370 e. The van der Waals surface area contributed by atoms with Gasteiger partial charge in [0, 0.05) is 24.9 Å². The third-order valence-electron chi connectivity index (χ3n) is 4.22. The first kappa shape index (κ1) is 14.3. The minimum absolute atomic E-state index is 0.345. The largest absolute Gasteiger partial charge is 0.370 e. The number of aryl methyl sites for hydroxylation is 1. The average molecular weight is 263 g/mol. The van der Waals surface area contributed by atoms with E-state index in [-0.39, 0.29) is 5.60 Å². The number of nitrogens with one attached hydrogen (secondary N) is 1. The molecule has 0 fully saturated rings. The molecule has 1 aromatic heterocycles. The summed E-state index contributed by atoms with van der Waals surface area (Å²) in [6, 6.07) is 0. The summed E-state index contributed by atoms with van der Waals surface area (Å²) < 4.78 is 5.76. The van der Waals surface area contributed by atoms with Crippen LogP contribution in [0.2, 0.25) is 0 Å². The molecule has 0 radical (unpaired) electrons. The van der Waals surface area contributed by atoms with Gasteiger partial charge in [-0.2, -0.15) is 0 Å². The second-order valence-corrected chi connectivity index (χ2v) is 5.11. The van der Waals surface area contributed by atoms with Gasteiger partial charge in [0.15, 0.2) is 5.82 Å². The Bertz CT molecular complexity index is 433.